The first-order valence-electron chi connectivity index (χ1n) is 7.12. The molecule has 0 radical (unpaired) electrons. The fraction of sp³-hybridized carbons (Fsp3) is 0.500. The van der Waals surface area contributed by atoms with Crippen molar-refractivity contribution in [1.29, 1.82) is 0 Å². The Hall–Kier alpha value is -1.49. The van der Waals surface area contributed by atoms with Crippen LogP contribution in [0.1, 0.15) is 25.8 Å². The number of carboxylic acids is 1. The summed E-state index contributed by atoms with van der Waals surface area (Å²) in [6, 6.07) is 8.82. The molecular weight excluding hydrogens is 286 g/mol. The molecule has 0 spiro atoms. The Morgan fingerprint density at radius 3 is 2.33 bits per heavy atom. The zero-order valence-corrected chi connectivity index (χ0v) is 13.3. The van der Waals surface area contributed by atoms with E-state index in [1.807, 2.05) is 44.2 Å². The van der Waals surface area contributed by atoms with Gasteiger partial charge in [-0.3, -0.25) is 4.79 Å². The van der Waals surface area contributed by atoms with Gasteiger partial charge in [0.15, 0.2) is 0 Å². The van der Waals surface area contributed by atoms with E-state index in [9.17, 15) is 14.7 Å². The summed E-state index contributed by atoms with van der Waals surface area (Å²) in [5.41, 5.74) is 1.04. The molecule has 0 heterocycles. The number of hydrogen-bond donors (Lipinski definition) is 3. The van der Waals surface area contributed by atoms with Gasteiger partial charge in [-0.05, 0) is 24.3 Å². The minimum absolute atomic E-state index is 0.204. The molecule has 0 bridgehead atoms. The van der Waals surface area contributed by atoms with Gasteiger partial charge in [0, 0.05) is 5.75 Å². The van der Waals surface area contributed by atoms with Gasteiger partial charge in [0.2, 0.25) is 5.91 Å². The molecule has 116 valence electrons. The number of aliphatic carboxylic acids is 1. The number of thiol groups is 1. The summed E-state index contributed by atoms with van der Waals surface area (Å²) in [7, 11) is 0. The van der Waals surface area contributed by atoms with Gasteiger partial charge in [0.1, 0.15) is 6.04 Å². The standard InChI is InChI=1S/C16H23NO3S/c1-11(2)8-14(16(19)20)17-15(18)13(10-21)9-12-6-4-3-5-7-12/h3-7,11,13-14,21H,8-10H2,1-2H3,(H,17,18)(H,19,20)/t13-,14+/m1/s1. The topological polar surface area (TPSA) is 66.4 Å². The first-order valence-corrected chi connectivity index (χ1v) is 7.75. The van der Waals surface area contributed by atoms with Crippen molar-refractivity contribution in [2.24, 2.45) is 11.8 Å². The van der Waals surface area contributed by atoms with E-state index in [2.05, 4.69) is 17.9 Å². The lowest BCUT2D eigenvalue weighted by Crippen LogP contribution is -2.45. The van der Waals surface area contributed by atoms with Crippen molar-refractivity contribution in [1.82, 2.24) is 5.32 Å². The Labute approximate surface area is 131 Å². The highest BCUT2D eigenvalue weighted by Crippen LogP contribution is 2.12. The van der Waals surface area contributed by atoms with Crippen molar-refractivity contribution in [3.8, 4) is 0 Å². The highest BCUT2D eigenvalue weighted by atomic mass is 32.1. The number of rotatable bonds is 8. The van der Waals surface area contributed by atoms with Gasteiger partial charge in [-0.2, -0.15) is 12.6 Å². The van der Waals surface area contributed by atoms with Crippen LogP contribution in [0.4, 0.5) is 0 Å². The molecule has 2 N–H and O–H groups in total. The van der Waals surface area contributed by atoms with Gasteiger partial charge in [-0.25, -0.2) is 4.79 Å². The molecule has 0 aromatic heterocycles. The Morgan fingerprint density at radius 1 is 1.24 bits per heavy atom. The molecule has 2 atom stereocenters. The smallest absolute Gasteiger partial charge is 0.326 e. The second-order valence-corrected chi connectivity index (χ2v) is 5.96. The van der Waals surface area contributed by atoms with E-state index >= 15 is 0 Å². The van der Waals surface area contributed by atoms with E-state index in [-0.39, 0.29) is 17.7 Å². The Balaban J connectivity index is 2.67. The van der Waals surface area contributed by atoms with Crippen LogP contribution in [-0.4, -0.2) is 28.8 Å². The molecule has 0 saturated heterocycles. The van der Waals surface area contributed by atoms with Crippen molar-refractivity contribution in [3.63, 3.8) is 0 Å². The van der Waals surface area contributed by atoms with Crippen LogP contribution in [0.2, 0.25) is 0 Å². The summed E-state index contributed by atoms with van der Waals surface area (Å²) >= 11 is 4.22. The molecule has 1 amide bonds. The molecule has 1 aromatic carbocycles. The van der Waals surface area contributed by atoms with Crippen LogP contribution in [0, 0.1) is 11.8 Å². The van der Waals surface area contributed by atoms with Crippen molar-refractivity contribution in [2.45, 2.75) is 32.7 Å². The SMILES string of the molecule is CC(C)C[C@H](NC(=O)[C@@H](CS)Cc1ccccc1)C(=O)O. The molecule has 0 aliphatic carbocycles. The third-order valence-corrected chi connectivity index (χ3v) is 3.68. The number of amides is 1. The first-order chi connectivity index (χ1) is 9.93. The molecule has 5 heteroatoms. The van der Waals surface area contributed by atoms with Crippen LogP contribution in [0.25, 0.3) is 0 Å². The van der Waals surface area contributed by atoms with E-state index < -0.39 is 12.0 Å². The van der Waals surface area contributed by atoms with Crippen LogP contribution in [-0.2, 0) is 16.0 Å². The van der Waals surface area contributed by atoms with Crippen molar-refractivity contribution >= 4 is 24.5 Å². The summed E-state index contributed by atoms with van der Waals surface area (Å²) in [5, 5.41) is 11.8. The zero-order chi connectivity index (χ0) is 15.8. The maximum Gasteiger partial charge on any atom is 0.326 e. The molecule has 1 rings (SSSR count). The molecular formula is C16H23NO3S. The molecule has 0 unspecified atom stereocenters. The largest absolute Gasteiger partial charge is 0.480 e. The minimum atomic E-state index is -0.991. The maximum atomic E-state index is 12.3. The van der Waals surface area contributed by atoms with Crippen LogP contribution >= 0.6 is 12.6 Å². The van der Waals surface area contributed by atoms with Gasteiger partial charge >= 0.3 is 5.97 Å². The van der Waals surface area contributed by atoms with Gasteiger partial charge in [-0.1, -0.05) is 44.2 Å². The predicted octanol–water partition coefficient (Wildman–Crippen LogP) is 2.39. The fourth-order valence-corrected chi connectivity index (χ4v) is 2.42. The Kier molecular flexibility index (Phi) is 7.29. The van der Waals surface area contributed by atoms with Crippen LogP contribution < -0.4 is 5.32 Å². The number of hydrogen-bond acceptors (Lipinski definition) is 3. The number of carbonyl (C=O) groups excluding carboxylic acids is 1. The number of carboxylic acid groups (broad SMARTS) is 1. The first kappa shape index (κ1) is 17.6. The molecule has 4 nitrogen and oxygen atoms in total. The van der Waals surface area contributed by atoms with E-state index in [1.54, 1.807) is 0 Å². The summed E-state index contributed by atoms with van der Waals surface area (Å²) < 4.78 is 0. The van der Waals surface area contributed by atoms with Crippen LogP contribution in [0.15, 0.2) is 30.3 Å². The highest BCUT2D eigenvalue weighted by Gasteiger charge is 2.25. The second-order valence-electron chi connectivity index (χ2n) is 5.60. The molecule has 21 heavy (non-hydrogen) atoms. The molecule has 0 saturated carbocycles. The highest BCUT2D eigenvalue weighted by molar-refractivity contribution is 7.80. The normalized spacial score (nSPS) is 13.7. The van der Waals surface area contributed by atoms with Gasteiger partial charge < -0.3 is 10.4 Å². The number of carbonyl (C=O) groups is 2. The summed E-state index contributed by atoms with van der Waals surface area (Å²) in [6.45, 7) is 3.87. The van der Waals surface area contributed by atoms with E-state index in [0.29, 0.717) is 18.6 Å². The second kappa shape index (κ2) is 8.72. The number of nitrogens with one attached hydrogen (secondary N) is 1. The van der Waals surface area contributed by atoms with Crippen molar-refractivity contribution < 1.29 is 14.7 Å². The van der Waals surface area contributed by atoms with E-state index in [0.717, 1.165) is 5.56 Å². The third kappa shape index (κ3) is 6.21. The monoisotopic (exact) mass is 309 g/mol. The van der Waals surface area contributed by atoms with E-state index in [1.165, 1.54) is 0 Å². The molecule has 0 fully saturated rings. The molecule has 0 aliphatic rings. The van der Waals surface area contributed by atoms with Crippen LogP contribution in [0.3, 0.4) is 0 Å². The maximum absolute atomic E-state index is 12.3. The molecule has 0 aliphatic heterocycles. The van der Waals surface area contributed by atoms with Crippen molar-refractivity contribution in [3.05, 3.63) is 35.9 Å². The number of benzene rings is 1. The molecule has 1 aromatic rings. The lowest BCUT2D eigenvalue weighted by atomic mass is 9.98. The predicted molar refractivity (Wildman–Crippen MR) is 86.5 cm³/mol. The van der Waals surface area contributed by atoms with Crippen molar-refractivity contribution in [2.75, 3.05) is 5.75 Å². The third-order valence-electron chi connectivity index (χ3n) is 3.24. The lowest BCUT2D eigenvalue weighted by Gasteiger charge is -2.20. The Bertz CT molecular complexity index is 462. The minimum Gasteiger partial charge on any atom is -0.480 e. The average Bonchev–Trinajstić information content (AvgIpc) is 2.44. The average molecular weight is 309 g/mol. The van der Waals surface area contributed by atoms with E-state index in [4.69, 9.17) is 0 Å². The Morgan fingerprint density at radius 2 is 1.86 bits per heavy atom. The van der Waals surface area contributed by atoms with Crippen LogP contribution in [0.5, 0.6) is 0 Å². The summed E-state index contributed by atoms with van der Waals surface area (Å²) in [4.78, 5) is 23.5. The summed E-state index contributed by atoms with van der Waals surface area (Å²) in [5.74, 6) is -0.981. The lowest BCUT2D eigenvalue weighted by molar-refractivity contribution is -0.142. The fourth-order valence-electron chi connectivity index (χ4n) is 2.12. The van der Waals surface area contributed by atoms with Gasteiger partial charge in [0.25, 0.3) is 0 Å². The van der Waals surface area contributed by atoms with Gasteiger partial charge in [0.05, 0.1) is 5.92 Å². The summed E-state index contributed by atoms with van der Waals surface area (Å²) in [6.07, 6.45) is 0.982. The quantitative estimate of drug-likeness (QED) is 0.646. The zero-order valence-electron chi connectivity index (χ0n) is 12.5. The van der Waals surface area contributed by atoms with Gasteiger partial charge in [-0.15, -0.1) is 0 Å².